The van der Waals surface area contributed by atoms with E-state index in [2.05, 4.69) is 15.1 Å². The number of benzene rings is 1. The van der Waals surface area contributed by atoms with Crippen molar-refractivity contribution in [3.05, 3.63) is 24.3 Å². The van der Waals surface area contributed by atoms with Crippen LogP contribution in [0.1, 0.15) is 13.8 Å². The fraction of sp³-hybridized carbons (Fsp3) is 0.533. The van der Waals surface area contributed by atoms with Gasteiger partial charge in [-0.3, -0.25) is 9.69 Å². The predicted octanol–water partition coefficient (Wildman–Crippen LogP) is -0.0194. The number of sulfonamides is 1. The van der Waals surface area contributed by atoms with E-state index in [1.165, 1.54) is 12.1 Å². The molecule has 7 nitrogen and oxygen atoms in total. The first-order valence-electron chi connectivity index (χ1n) is 7.65. The molecule has 1 fully saturated rings. The summed E-state index contributed by atoms with van der Waals surface area (Å²) in [6.07, 6.45) is 0. The number of nitrogens with two attached hydrogens (primary N) is 1. The Morgan fingerprint density at radius 1 is 1.17 bits per heavy atom. The summed E-state index contributed by atoms with van der Waals surface area (Å²) in [4.78, 5) is 16.2. The van der Waals surface area contributed by atoms with Crippen LogP contribution in [0.5, 0.6) is 0 Å². The lowest BCUT2D eigenvalue weighted by Crippen LogP contribution is -2.50. The summed E-state index contributed by atoms with van der Waals surface area (Å²) < 4.78 is 22.5. The number of hydrogen-bond donors (Lipinski definition) is 2. The van der Waals surface area contributed by atoms with Crippen molar-refractivity contribution < 1.29 is 13.2 Å². The lowest BCUT2D eigenvalue weighted by molar-refractivity contribution is -0.122. The third-order valence-electron chi connectivity index (χ3n) is 3.72. The van der Waals surface area contributed by atoms with E-state index >= 15 is 0 Å². The summed E-state index contributed by atoms with van der Waals surface area (Å²) in [5.74, 6) is 0.0472. The second-order valence-electron chi connectivity index (χ2n) is 6.02. The summed E-state index contributed by atoms with van der Waals surface area (Å²) in [6, 6.07) is 6.73. The smallest absolute Gasteiger partial charge is 0.238 e. The minimum absolute atomic E-state index is 0.0472. The fourth-order valence-corrected chi connectivity index (χ4v) is 3.10. The van der Waals surface area contributed by atoms with E-state index in [0.29, 0.717) is 6.54 Å². The van der Waals surface area contributed by atoms with Crippen LogP contribution in [0.15, 0.2) is 29.2 Å². The SMILES string of the molecule is CC(C)NC(=O)CN1CCN(c2ccc(S(N)(=O)=O)cc2)CC1. The van der Waals surface area contributed by atoms with Crippen LogP contribution in [0, 0.1) is 0 Å². The maximum atomic E-state index is 11.8. The molecule has 0 aliphatic carbocycles. The van der Waals surface area contributed by atoms with Gasteiger partial charge in [0.2, 0.25) is 15.9 Å². The van der Waals surface area contributed by atoms with Crippen LogP contribution < -0.4 is 15.4 Å². The Balaban J connectivity index is 1.88. The monoisotopic (exact) mass is 340 g/mol. The highest BCUT2D eigenvalue weighted by Gasteiger charge is 2.19. The molecule has 0 spiro atoms. The van der Waals surface area contributed by atoms with Gasteiger partial charge in [0.25, 0.3) is 0 Å². The molecule has 8 heteroatoms. The topological polar surface area (TPSA) is 95.7 Å². The lowest BCUT2D eigenvalue weighted by atomic mass is 10.2. The van der Waals surface area contributed by atoms with Crippen molar-refractivity contribution in [1.29, 1.82) is 0 Å². The molecule has 3 N–H and O–H groups in total. The molecular weight excluding hydrogens is 316 g/mol. The van der Waals surface area contributed by atoms with E-state index in [1.807, 2.05) is 13.8 Å². The number of rotatable bonds is 5. The normalized spacial score (nSPS) is 16.6. The fourth-order valence-electron chi connectivity index (χ4n) is 2.58. The molecular formula is C15H24N4O3S. The zero-order chi connectivity index (χ0) is 17.0. The largest absolute Gasteiger partial charge is 0.369 e. The van der Waals surface area contributed by atoms with E-state index in [-0.39, 0.29) is 16.8 Å². The molecule has 128 valence electrons. The van der Waals surface area contributed by atoms with Gasteiger partial charge in [-0.25, -0.2) is 13.6 Å². The Bertz CT molecular complexity index is 635. The van der Waals surface area contributed by atoms with Crippen LogP contribution in [-0.4, -0.2) is 58.0 Å². The van der Waals surface area contributed by atoms with Gasteiger partial charge in [0, 0.05) is 37.9 Å². The number of nitrogens with one attached hydrogen (secondary N) is 1. The van der Waals surface area contributed by atoms with Gasteiger partial charge in [-0.15, -0.1) is 0 Å². The molecule has 2 rings (SSSR count). The van der Waals surface area contributed by atoms with E-state index < -0.39 is 10.0 Å². The number of anilines is 1. The second kappa shape index (κ2) is 7.29. The zero-order valence-electron chi connectivity index (χ0n) is 13.5. The van der Waals surface area contributed by atoms with Gasteiger partial charge in [-0.05, 0) is 38.1 Å². The molecule has 0 aromatic heterocycles. The Labute approximate surface area is 137 Å². The Morgan fingerprint density at radius 3 is 2.22 bits per heavy atom. The summed E-state index contributed by atoms with van der Waals surface area (Å²) in [5.41, 5.74) is 0.962. The highest BCUT2D eigenvalue weighted by Crippen LogP contribution is 2.18. The third kappa shape index (κ3) is 5.19. The van der Waals surface area contributed by atoms with Gasteiger partial charge in [0.15, 0.2) is 0 Å². The van der Waals surface area contributed by atoms with Gasteiger partial charge in [0.05, 0.1) is 11.4 Å². The van der Waals surface area contributed by atoms with Crippen molar-refractivity contribution in [3.63, 3.8) is 0 Å². The maximum absolute atomic E-state index is 11.8. The van der Waals surface area contributed by atoms with E-state index in [9.17, 15) is 13.2 Å². The molecule has 0 bridgehead atoms. The molecule has 1 aromatic rings. The third-order valence-corrected chi connectivity index (χ3v) is 4.65. The lowest BCUT2D eigenvalue weighted by Gasteiger charge is -2.35. The number of primary sulfonamides is 1. The Hall–Kier alpha value is -1.64. The average molecular weight is 340 g/mol. The van der Waals surface area contributed by atoms with Crippen molar-refractivity contribution >= 4 is 21.6 Å². The van der Waals surface area contributed by atoms with Crippen LogP contribution in [0.4, 0.5) is 5.69 Å². The highest BCUT2D eigenvalue weighted by molar-refractivity contribution is 7.89. The molecule has 1 aliphatic rings. The number of piperazine rings is 1. The van der Waals surface area contributed by atoms with Gasteiger partial charge < -0.3 is 10.2 Å². The minimum atomic E-state index is -3.65. The molecule has 0 unspecified atom stereocenters. The second-order valence-corrected chi connectivity index (χ2v) is 7.59. The van der Waals surface area contributed by atoms with Gasteiger partial charge >= 0.3 is 0 Å². The Kier molecular flexibility index (Phi) is 5.61. The first-order valence-corrected chi connectivity index (χ1v) is 9.20. The number of carbonyl (C=O) groups excluding carboxylic acids is 1. The van der Waals surface area contributed by atoms with Crippen molar-refractivity contribution in [1.82, 2.24) is 10.2 Å². The van der Waals surface area contributed by atoms with Crippen LogP contribution in [0.2, 0.25) is 0 Å². The quantitative estimate of drug-likeness (QED) is 0.785. The van der Waals surface area contributed by atoms with E-state index in [4.69, 9.17) is 5.14 Å². The molecule has 0 saturated carbocycles. The molecule has 1 aliphatic heterocycles. The summed E-state index contributed by atoms with van der Waals surface area (Å²) in [5, 5.41) is 7.99. The van der Waals surface area contributed by atoms with Crippen LogP contribution in [-0.2, 0) is 14.8 Å². The van der Waals surface area contributed by atoms with Crippen LogP contribution >= 0.6 is 0 Å². The molecule has 1 aromatic carbocycles. The molecule has 1 heterocycles. The predicted molar refractivity (Wildman–Crippen MR) is 89.7 cm³/mol. The summed E-state index contributed by atoms with van der Waals surface area (Å²) in [7, 11) is -3.65. The number of hydrogen-bond acceptors (Lipinski definition) is 5. The molecule has 1 amide bonds. The maximum Gasteiger partial charge on any atom is 0.238 e. The highest BCUT2D eigenvalue weighted by atomic mass is 32.2. The summed E-state index contributed by atoms with van der Waals surface area (Å²) >= 11 is 0. The average Bonchev–Trinajstić information content (AvgIpc) is 2.46. The van der Waals surface area contributed by atoms with Crippen LogP contribution in [0.25, 0.3) is 0 Å². The van der Waals surface area contributed by atoms with Crippen molar-refractivity contribution in [2.24, 2.45) is 5.14 Å². The number of amides is 1. The van der Waals surface area contributed by atoms with Gasteiger partial charge in [0.1, 0.15) is 0 Å². The minimum Gasteiger partial charge on any atom is -0.369 e. The van der Waals surface area contributed by atoms with E-state index in [0.717, 1.165) is 31.9 Å². The van der Waals surface area contributed by atoms with E-state index in [1.54, 1.807) is 12.1 Å². The number of carbonyl (C=O) groups is 1. The summed E-state index contributed by atoms with van der Waals surface area (Å²) in [6.45, 7) is 7.48. The Morgan fingerprint density at radius 2 is 1.74 bits per heavy atom. The van der Waals surface area contributed by atoms with Gasteiger partial charge in [-0.1, -0.05) is 0 Å². The number of nitrogens with zero attached hydrogens (tertiary/aromatic N) is 2. The first kappa shape index (κ1) is 17.7. The first-order chi connectivity index (χ1) is 10.8. The molecule has 0 radical (unpaired) electrons. The standard InChI is InChI=1S/C15H24N4O3S/c1-12(2)17-15(20)11-18-7-9-19(10-8-18)13-3-5-14(6-4-13)23(16,21)22/h3-6,12H,7-11H2,1-2H3,(H,17,20)(H2,16,21,22). The van der Waals surface area contributed by atoms with Crippen molar-refractivity contribution in [3.8, 4) is 0 Å². The van der Waals surface area contributed by atoms with Crippen molar-refractivity contribution in [2.75, 3.05) is 37.6 Å². The van der Waals surface area contributed by atoms with Gasteiger partial charge in [-0.2, -0.15) is 0 Å². The molecule has 23 heavy (non-hydrogen) atoms. The molecule has 1 saturated heterocycles. The zero-order valence-corrected chi connectivity index (χ0v) is 14.3. The van der Waals surface area contributed by atoms with Crippen LogP contribution in [0.3, 0.4) is 0 Å². The van der Waals surface area contributed by atoms with Crippen molar-refractivity contribution in [2.45, 2.75) is 24.8 Å². The molecule has 0 atom stereocenters.